The number of nitrogens with zero attached hydrogens (tertiary/aromatic N) is 2. The lowest BCUT2D eigenvalue weighted by molar-refractivity contribution is 0.0981. The Morgan fingerprint density at radius 3 is 3.07 bits per heavy atom. The van der Waals surface area contributed by atoms with Crippen molar-refractivity contribution in [1.29, 1.82) is 0 Å². The van der Waals surface area contributed by atoms with Crippen molar-refractivity contribution in [2.75, 3.05) is 19.7 Å². The van der Waals surface area contributed by atoms with E-state index in [1.54, 1.807) is 0 Å². The van der Waals surface area contributed by atoms with Crippen LogP contribution in [0.2, 0.25) is 0 Å². The van der Waals surface area contributed by atoms with Crippen molar-refractivity contribution in [2.45, 2.75) is 25.9 Å². The fourth-order valence-corrected chi connectivity index (χ4v) is 1.27. The molecule has 1 aliphatic heterocycles. The van der Waals surface area contributed by atoms with Gasteiger partial charge in [-0.15, -0.1) is 0 Å². The van der Waals surface area contributed by atoms with E-state index in [1.807, 2.05) is 0 Å². The molecule has 2 rings (SSSR count). The summed E-state index contributed by atoms with van der Waals surface area (Å²) < 4.78 is 10.4. The summed E-state index contributed by atoms with van der Waals surface area (Å²) in [4.78, 5) is 4.26. The Bertz CT molecular complexity index is 283. The fraction of sp³-hybridized carbons (Fsp3) is 0.778. The van der Waals surface area contributed by atoms with Crippen LogP contribution in [0.3, 0.4) is 0 Å². The largest absolute Gasteiger partial charge is 0.372 e. The van der Waals surface area contributed by atoms with Gasteiger partial charge in [-0.3, -0.25) is 0 Å². The van der Waals surface area contributed by atoms with Gasteiger partial charge in [0.05, 0.1) is 0 Å². The molecule has 1 saturated heterocycles. The highest BCUT2D eigenvalue weighted by Gasteiger charge is 2.24. The number of rotatable bonds is 5. The summed E-state index contributed by atoms with van der Waals surface area (Å²) in [6.45, 7) is 5.15. The van der Waals surface area contributed by atoms with Crippen LogP contribution < -0.4 is 5.32 Å². The summed E-state index contributed by atoms with van der Waals surface area (Å²) in [5.41, 5.74) is 0. The van der Waals surface area contributed by atoms with Crippen LogP contribution in [0.1, 0.15) is 31.0 Å². The number of ether oxygens (including phenoxy) is 1. The zero-order valence-electron chi connectivity index (χ0n) is 8.32. The van der Waals surface area contributed by atoms with E-state index in [9.17, 15) is 0 Å². The summed E-state index contributed by atoms with van der Waals surface area (Å²) in [6.07, 6.45) is 1.01. The molecule has 1 aliphatic rings. The van der Waals surface area contributed by atoms with Gasteiger partial charge in [-0.1, -0.05) is 12.1 Å². The molecule has 1 aromatic heterocycles. The van der Waals surface area contributed by atoms with Crippen molar-refractivity contribution in [3.8, 4) is 0 Å². The van der Waals surface area contributed by atoms with E-state index in [1.165, 1.54) is 0 Å². The maximum atomic E-state index is 5.30. The molecule has 2 heterocycles. The standard InChI is InChI=1S/C9H15N3O2/c1-2-3-13-6-8-11-9(12-14-8)7-4-10-5-7/h7,10H,2-6H2,1H3. The number of aromatic nitrogens is 2. The molecule has 0 saturated carbocycles. The molecule has 1 fully saturated rings. The van der Waals surface area contributed by atoms with Gasteiger partial charge >= 0.3 is 0 Å². The van der Waals surface area contributed by atoms with Crippen molar-refractivity contribution in [2.24, 2.45) is 0 Å². The normalized spacial score (nSPS) is 16.9. The minimum absolute atomic E-state index is 0.429. The van der Waals surface area contributed by atoms with Crippen LogP contribution >= 0.6 is 0 Å². The molecule has 0 amide bonds. The molecular formula is C9H15N3O2. The first kappa shape index (κ1) is 9.61. The Hall–Kier alpha value is -0.940. The van der Waals surface area contributed by atoms with Crippen LogP contribution in [0.5, 0.6) is 0 Å². The van der Waals surface area contributed by atoms with Crippen molar-refractivity contribution >= 4 is 0 Å². The van der Waals surface area contributed by atoms with Gasteiger partial charge in [-0.2, -0.15) is 4.98 Å². The SMILES string of the molecule is CCCOCc1nc(C2CNC2)no1. The second-order valence-corrected chi connectivity index (χ2v) is 3.45. The minimum atomic E-state index is 0.429. The fourth-order valence-electron chi connectivity index (χ4n) is 1.27. The molecule has 0 aromatic carbocycles. The molecule has 0 radical (unpaired) electrons. The number of nitrogens with one attached hydrogen (secondary N) is 1. The first-order valence-electron chi connectivity index (χ1n) is 5.01. The highest BCUT2D eigenvalue weighted by molar-refractivity contribution is 5.01. The third-order valence-electron chi connectivity index (χ3n) is 2.20. The molecule has 0 aliphatic carbocycles. The Kier molecular flexibility index (Phi) is 3.10. The van der Waals surface area contributed by atoms with Gasteiger partial charge in [-0.05, 0) is 6.42 Å². The molecule has 0 bridgehead atoms. The summed E-state index contributed by atoms with van der Waals surface area (Å²) >= 11 is 0. The van der Waals surface area contributed by atoms with E-state index in [4.69, 9.17) is 9.26 Å². The number of hydrogen-bond acceptors (Lipinski definition) is 5. The van der Waals surface area contributed by atoms with Crippen molar-refractivity contribution in [3.05, 3.63) is 11.7 Å². The summed E-state index contributed by atoms with van der Waals surface area (Å²) in [6, 6.07) is 0. The summed E-state index contributed by atoms with van der Waals surface area (Å²) in [5.74, 6) is 1.82. The van der Waals surface area contributed by atoms with E-state index in [0.717, 1.165) is 31.9 Å². The molecule has 5 heteroatoms. The van der Waals surface area contributed by atoms with E-state index in [2.05, 4.69) is 22.4 Å². The monoisotopic (exact) mass is 197 g/mol. The third-order valence-corrected chi connectivity index (χ3v) is 2.20. The Morgan fingerprint density at radius 1 is 1.57 bits per heavy atom. The van der Waals surface area contributed by atoms with Gasteiger partial charge in [0.15, 0.2) is 5.82 Å². The van der Waals surface area contributed by atoms with E-state index < -0.39 is 0 Å². The van der Waals surface area contributed by atoms with Crippen LogP contribution in [-0.2, 0) is 11.3 Å². The van der Waals surface area contributed by atoms with Gasteiger partial charge in [0, 0.05) is 25.6 Å². The van der Waals surface area contributed by atoms with Crippen LogP contribution in [0, 0.1) is 0 Å². The first-order valence-corrected chi connectivity index (χ1v) is 5.01. The molecule has 0 spiro atoms. The average Bonchev–Trinajstić information content (AvgIpc) is 2.51. The van der Waals surface area contributed by atoms with Gasteiger partial charge in [0.25, 0.3) is 5.89 Å². The quantitative estimate of drug-likeness (QED) is 0.703. The smallest absolute Gasteiger partial charge is 0.252 e. The van der Waals surface area contributed by atoms with Gasteiger partial charge in [0.2, 0.25) is 0 Å². The predicted octanol–water partition coefficient (Wildman–Crippen LogP) is 0.683. The third kappa shape index (κ3) is 2.10. The molecule has 5 nitrogen and oxygen atoms in total. The molecular weight excluding hydrogens is 182 g/mol. The van der Waals surface area contributed by atoms with Crippen LogP contribution in [0.4, 0.5) is 0 Å². The lowest BCUT2D eigenvalue weighted by atomic mass is 10.0. The lowest BCUT2D eigenvalue weighted by Crippen LogP contribution is -2.40. The Morgan fingerprint density at radius 2 is 2.43 bits per heavy atom. The topological polar surface area (TPSA) is 60.2 Å². The Balaban J connectivity index is 1.83. The molecule has 14 heavy (non-hydrogen) atoms. The molecule has 78 valence electrons. The lowest BCUT2D eigenvalue weighted by Gasteiger charge is -2.23. The van der Waals surface area contributed by atoms with Crippen molar-refractivity contribution < 1.29 is 9.26 Å². The van der Waals surface area contributed by atoms with Crippen LogP contribution in [0.25, 0.3) is 0 Å². The maximum Gasteiger partial charge on any atom is 0.252 e. The van der Waals surface area contributed by atoms with Gasteiger partial charge in [-0.25, -0.2) is 0 Å². The zero-order valence-corrected chi connectivity index (χ0v) is 8.32. The highest BCUT2D eigenvalue weighted by atomic mass is 16.5. The summed E-state index contributed by atoms with van der Waals surface area (Å²) in [5, 5.41) is 7.08. The van der Waals surface area contributed by atoms with E-state index >= 15 is 0 Å². The number of hydrogen-bond donors (Lipinski definition) is 1. The van der Waals surface area contributed by atoms with E-state index in [-0.39, 0.29) is 0 Å². The highest BCUT2D eigenvalue weighted by Crippen LogP contribution is 2.16. The second kappa shape index (κ2) is 4.52. The maximum absolute atomic E-state index is 5.30. The van der Waals surface area contributed by atoms with Gasteiger partial charge < -0.3 is 14.6 Å². The molecule has 0 unspecified atom stereocenters. The van der Waals surface area contributed by atoms with Crippen LogP contribution in [0.15, 0.2) is 4.52 Å². The average molecular weight is 197 g/mol. The summed E-state index contributed by atoms with van der Waals surface area (Å²) in [7, 11) is 0. The first-order chi connectivity index (χ1) is 6.90. The second-order valence-electron chi connectivity index (χ2n) is 3.45. The minimum Gasteiger partial charge on any atom is -0.372 e. The van der Waals surface area contributed by atoms with Crippen molar-refractivity contribution in [3.63, 3.8) is 0 Å². The van der Waals surface area contributed by atoms with Crippen molar-refractivity contribution in [1.82, 2.24) is 15.5 Å². The molecule has 1 N–H and O–H groups in total. The predicted molar refractivity (Wildman–Crippen MR) is 49.9 cm³/mol. The van der Waals surface area contributed by atoms with E-state index in [0.29, 0.717) is 18.4 Å². The van der Waals surface area contributed by atoms with Crippen LogP contribution in [-0.4, -0.2) is 29.8 Å². The zero-order chi connectivity index (χ0) is 9.80. The molecule has 1 aromatic rings. The Labute approximate surface area is 82.8 Å². The molecule has 0 atom stereocenters. The van der Waals surface area contributed by atoms with Gasteiger partial charge in [0.1, 0.15) is 6.61 Å².